The topological polar surface area (TPSA) is 46.5 Å². The molecule has 0 aliphatic rings. The summed E-state index contributed by atoms with van der Waals surface area (Å²) in [6, 6.07) is 4.43. The fourth-order valence-corrected chi connectivity index (χ4v) is 1.48. The number of halogens is 1. The molecule has 0 bridgehead atoms. The molecule has 13 heavy (non-hydrogen) atoms. The van der Waals surface area contributed by atoms with Gasteiger partial charge in [-0.2, -0.15) is 0 Å². The van der Waals surface area contributed by atoms with E-state index in [4.69, 9.17) is 20.9 Å². The minimum absolute atomic E-state index is 0. The summed E-state index contributed by atoms with van der Waals surface area (Å²) in [6.07, 6.45) is 0. The van der Waals surface area contributed by atoms with E-state index in [1.165, 1.54) is 19.2 Å². The summed E-state index contributed by atoms with van der Waals surface area (Å²) in [5.74, 6) is 0.492. The average Bonchev–Trinajstić information content (AvgIpc) is 2.04. The van der Waals surface area contributed by atoms with Gasteiger partial charge in [0.1, 0.15) is 5.75 Å². The summed E-state index contributed by atoms with van der Waals surface area (Å²) >= 11 is 3.71. The van der Waals surface area contributed by atoms with E-state index in [2.05, 4.69) is 0 Å². The predicted molar refractivity (Wildman–Crippen MR) is 48.2 cm³/mol. The zero-order valence-corrected chi connectivity index (χ0v) is 10.9. The minimum atomic E-state index is -1.99. The van der Waals surface area contributed by atoms with Crippen LogP contribution in [0.2, 0.25) is 5.02 Å². The second kappa shape index (κ2) is 6.01. The van der Waals surface area contributed by atoms with Crippen molar-refractivity contribution in [2.45, 2.75) is 4.90 Å². The first-order valence-corrected chi connectivity index (χ1v) is 4.58. The second-order valence-corrected chi connectivity index (χ2v) is 3.42. The van der Waals surface area contributed by atoms with Gasteiger partial charge in [0.2, 0.25) is 0 Å². The molecule has 0 fully saturated rings. The molecule has 0 aromatic heterocycles. The quantitative estimate of drug-likeness (QED) is 0.526. The van der Waals surface area contributed by atoms with E-state index in [0.717, 1.165) is 0 Å². The molecular formula is C7H8ClNaO3S. The average molecular weight is 231 g/mol. The van der Waals surface area contributed by atoms with E-state index >= 15 is 0 Å². The van der Waals surface area contributed by atoms with Crippen molar-refractivity contribution in [3.63, 3.8) is 0 Å². The van der Waals surface area contributed by atoms with Crippen molar-refractivity contribution in [3.05, 3.63) is 23.2 Å². The van der Waals surface area contributed by atoms with Crippen molar-refractivity contribution in [1.29, 1.82) is 0 Å². The SMILES string of the molecule is COc1ccc(S(=O)O)cc1Cl.[H-].[Na+]. The van der Waals surface area contributed by atoms with Gasteiger partial charge in [-0.05, 0) is 18.2 Å². The van der Waals surface area contributed by atoms with Crippen LogP contribution in [0.1, 0.15) is 1.43 Å². The molecular weight excluding hydrogens is 223 g/mol. The van der Waals surface area contributed by atoms with Crippen LogP contribution in [0.3, 0.4) is 0 Å². The summed E-state index contributed by atoms with van der Waals surface area (Å²) in [6.45, 7) is 0. The van der Waals surface area contributed by atoms with Crippen LogP contribution < -0.4 is 34.3 Å². The molecule has 1 N–H and O–H groups in total. The normalized spacial score (nSPS) is 11.6. The Bertz CT molecular complexity index is 324. The number of hydrogen-bond acceptors (Lipinski definition) is 2. The van der Waals surface area contributed by atoms with E-state index in [1.54, 1.807) is 6.07 Å². The summed E-state index contributed by atoms with van der Waals surface area (Å²) in [7, 11) is 1.48. The molecule has 68 valence electrons. The van der Waals surface area contributed by atoms with E-state index in [1.807, 2.05) is 0 Å². The third-order valence-corrected chi connectivity index (χ3v) is 2.28. The van der Waals surface area contributed by atoms with Crippen LogP contribution in [0.5, 0.6) is 5.75 Å². The van der Waals surface area contributed by atoms with Gasteiger partial charge >= 0.3 is 29.6 Å². The van der Waals surface area contributed by atoms with E-state index < -0.39 is 11.1 Å². The first kappa shape index (κ1) is 13.4. The summed E-state index contributed by atoms with van der Waals surface area (Å²) in [5.41, 5.74) is 0. The van der Waals surface area contributed by atoms with E-state index in [-0.39, 0.29) is 35.9 Å². The third kappa shape index (κ3) is 3.58. The van der Waals surface area contributed by atoms with Crippen molar-refractivity contribution in [2.24, 2.45) is 0 Å². The Balaban J connectivity index is 0. The van der Waals surface area contributed by atoms with Crippen LogP contribution in [0.15, 0.2) is 23.1 Å². The van der Waals surface area contributed by atoms with Crippen LogP contribution in [0, 0.1) is 0 Å². The number of hydrogen-bond donors (Lipinski definition) is 1. The molecule has 3 nitrogen and oxygen atoms in total. The van der Waals surface area contributed by atoms with Crippen molar-refractivity contribution in [1.82, 2.24) is 0 Å². The standard InChI is InChI=1S/C7H7ClO3S.Na.H/c1-11-7-3-2-5(12(9)10)4-6(7)8;;/h2-4H,1H3,(H,9,10);;/q;+1;-1. The van der Waals surface area contributed by atoms with Gasteiger partial charge in [0, 0.05) is 0 Å². The van der Waals surface area contributed by atoms with Crippen LogP contribution in [0.4, 0.5) is 0 Å². The Labute approximate surface area is 107 Å². The van der Waals surface area contributed by atoms with Gasteiger partial charge in [-0.15, -0.1) is 0 Å². The number of rotatable bonds is 2. The smallest absolute Gasteiger partial charge is 1.00 e. The van der Waals surface area contributed by atoms with Gasteiger partial charge in [-0.25, -0.2) is 4.21 Å². The Morgan fingerprint density at radius 1 is 1.62 bits per heavy atom. The van der Waals surface area contributed by atoms with Gasteiger partial charge < -0.3 is 10.7 Å². The second-order valence-electron chi connectivity index (χ2n) is 2.05. The number of benzene rings is 1. The largest absolute Gasteiger partial charge is 1.00 e. The maximum Gasteiger partial charge on any atom is 1.00 e. The molecule has 1 atom stereocenters. The summed E-state index contributed by atoms with van der Waals surface area (Å²) in [4.78, 5) is 0.265. The number of methoxy groups -OCH3 is 1. The zero-order chi connectivity index (χ0) is 9.14. The zero-order valence-electron chi connectivity index (χ0n) is 8.28. The molecule has 6 heteroatoms. The van der Waals surface area contributed by atoms with E-state index in [0.29, 0.717) is 10.8 Å². The summed E-state index contributed by atoms with van der Waals surface area (Å²) in [5, 5.41) is 0.331. The van der Waals surface area contributed by atoms with Gasteiger partial charge in [-0.1, -0.05) is 11.6 Å². The minimum Gasteiger partial charge on any atom is -1.00 e. The molecule has 1 unspecified atom stereocenters. The van der Waals surface area contributed by atoms with E-state index in [9.17, 15) is 4.21 Å². The number of ether oxygens (including phenoxy) is 1. The molecule has 1 aromatic rings. The maximum absolute atomic E-state index is 10.6. The summed E-state index contributed by atoms with van der Waals surface area (Å²) < 4.78 is 24.1. The Kier molecular flexibility index (Phi) is 6.20. The Hall–Kier alpha value is 0.420. The molecule has 1 aromatic carbocycles. The molecule has 0 saturated heterocycles. The van der Waals surface area contributed by atoms with Crippen molar-refractivity contribution in [3.8, 4) is 5.75 Å². The molecule has 0 saturated carbocycles. The van der Waals surface area contributed by atoms with Crippen LogP contribution in [0.25, 0.3) is 0 Å². The monoisotopic (exact) mass is 230 g/mol. The van der Waals surface area contributed by atoms with Crippen molar-refractivity contribution >= 4 is 22.7 Å². The van der Waals surface area contributed by atoms with Crippen LogP contribution in [-0.4, -0.2) is 15.9 Å². The molecule has 0 heterocycles. The first-order valence-electron chi connectivity index (χ1n) is 3.09. The predicted octanol–water partition coefficient (Wildman–Crippen LogP) is -0.954. The first-order chi connectivity index (χ1) is 5.65. The molecule has 0 amide bonds. The van der Waals surface area contributed by atoms with Crippen LogP contribution in [-0.2, 0) is 11.1 Å². The Morgan fingerprint density at radius 3 is 2.62 bits per heavy atom. The van der Waals surface area contributed by atoms with Gasteiger partial charge in [-0.3, -0.25) is 0 Å². The molecule has 0 spiro atoms. The molecule has 0 aliphatic heterocycles. The van der Waals surface area contributed by atoms with Crippen LogP contribution >= 0.6 is 11.6 Å². The van der Waals surface area contributed by atoms with Crippen molar-refractivity contribution < 1.29 is 44.5 Å². The van der Waals surface area contributed by atoms with Gasteiger partial charge in [0.05, 0.1) is 17.0 Å². The van der Waals surface area contributed by atoms with Gasteiger partial charge in [0.25, 0.3) is 0 Å². The molecule has 0 radical (unpaired) electrons. The third-order valence-electron chi connectivity index (χ3n) is 1.32. The Morgan fingerprint density at radius 2 is 2.23 bits per heavy atom. The fourth-order valence-electron chi connectivity index (χ4n) is 0.756. The molecule has 1 rings (SSSR count). The molecule has 0 aliphatic carbocycles. The van der Waals surface area contributed by atoms with Gasteiger partial charge in [0.15, 0.2) is 11.1 Å². The van der Waals surface area contributed by atoms with Crippen molar-refractivity contribution in [2.75, 3.05) is 7.11 Å². The fraction of sp³-hybridized carbons (Fsp3) is 0.143. The maximum atomic E-state index is 10.6.